The molecular formula is C23H29NO3S. The van der Waals surface area contributed by atoms with Crippen LogP contribution >= 0.6 is 11.8 Å². The minimum absolute atomic E-state index is 0.185. The molecule has 0 N–H and O–H groups in total. The molecule has 4 nitrogen and oxygen atoms in total. The fourth-order valence-corrected chi connectivity index (χ4v) is 4.99. The fourth-order valence-electron chi connectivity index (χ4n) is 3.72. The average molecular weight is 400 g/mol. The Morgan fingerprint density at radius 2 is 1.93 bits per heavy atom. The Balaban J connectivity index is 1.62. The number of nitrogens with zero attached hydrogens (tertiary/aromatic N) is 1. The van der Waals surface area contributed by atoms with Crippen LogP contribution < -0.4 is 9.47 Å². The molecule has 0 radical (unpaired) electrons. The van der Waals surface area contributed by atoms with Gasteiger partial charge in [0.25, 0.3) is 0 Å². The first-order valence-electron chi connectivity index (χ1n) is 9.84. The Morgan fingerprint density at radius 3 is 2.68 bits per heavy atom. The molecular weight excluding hydrogens is 370 g/mol. The van der Waals surface area contributed by atoms with Crippen molar-refractivity contribution in [3.8, 4) is 11.5 Å². The summed E-state index contributed by atoms with van der Waals surface area (Å²) in [5, 5.41) is 0.425. The topological polar surface area (TPSA) is 38.8 Å². The number of fused-ring (bicyclic) bond motifs is 1. The van der Waals surface area contributed by atoms with Crippen molar-refractivity contribution < 1.29 is 14.3 Å². The summed E-state index contributed by atoms with van der Waals surface area (Å²) in [6, 6.07) is 14.5. The lowest BCUT2D eigenvalue weighted by Crippen LogP contribution is -2.32. The molecule has 0 saturated carbocycles. The van der Waals surface area contributed by atoms with Crippen LogP contribution in [-0.2, 0) is 17.8 Å². The van der Waals surface area contributed by atoms with E-state index in [0.29, 0.717) is 35.6 Å². The Hall–Kier alpha value is -2.14. The van der Waals surface area contributed by atoms with Gasteiger partial charge in [0.05, 0.1) is 20.0 Å². The smallest absolute Gasteiger partial charge is 0.232 e. The number of ether oxygens (including phenoxy) is 2. The highest BCUT2D eigenvalue weighted by molar-refractivity contribution is 8.00. The second-order valence-corrected chi connectivity index (χ2v) is 8.18. The molecule has 2 aromatic carbocycles. The van der Waals surface area contributed by atoms with E-state index in [1.165, 1.54) is 17.5 Å². The number of amides is 1. The van der Waals surface area contributed by atoms with Gasteiger partial charge in [-0.25, -0.2) is 0 Å². The summed E-state index contributed by atoms with van der Waals surface area (Å²) >= 11 is 1.78. The maximum atomic E-state index is 12.9. The number of carbonyl (C=O) groups excluding carboxylic acids is 1. The molecule has 0 saturated heterocycles. The van der Waals surface area contributed by atoms with E-state index in [1.807, 2.05) is 30.0 Å². The summed E-state index contributed by atoms with van der Waals surface area (Å²) in [5.41, 5.74) is 3.90. The van der Waals surface area contributed by atoms with Gasteiger partial charge >= 0.3 is 0 Å². The molecule has 0 heterocycles. The molecule has 28 heavy (non-hydrogen) atoms. The monoisotopic (exact) mass is 399 g/mol. The maximum absolute atomic E-state index is 12.9. The van der Waals surface area contributed by atoms with Crippen LogP contribution in [0.15, 0.2) is 42.5 Å². The highest BCUT2D eigenvalue weighted by Gasteiger charge is 2.22. The van der Waals surface area contributed by atoms with E-state index in [9.17, 15) is 4.79 Å². The van der Waals surface area contributed by atoms with Crippen molar-refractivity contribution in [2.45, 2.75) is 38.0 Å². The number of methoxy groups -OCH3 is 2. The van der Waals surface area contributed by atoms with Crippen LogP contribution in [0.25, 0.3) is 0 Å². The normalized spacial score (nSPS) is 15.6. The standard InChI is InChI=1S/C23H29NO3S/c1-4-24(15-17-12-13-20(26-2)21(14-17)27-3)23(25)16-28-22-11-7-9-18-8-5-6-10-19(18)22/h5-6,8,10,12-14,22H,4,7,9,11,15-16H2,1-3H3. The molecule has 3 rings (SSSR count). The number of hydrogen-bond acceptors (Lipinski definition) is 4. The quantitative estimate of drug-likeness (QED) is 0.635. The van der Waals surface area contributed by atoms with Crippen molar-refractivity contribution in [2.75, 3.05) is 26.5 Å². The molecule has 0 aliphatic heterocycles. The number of thioether (sulfide) groups is 1. The summed E-state index contributed by atoms with van der Waals surface area (Å²) in [6.45, 7) is 3.30. The van der Waals surface area contributed by atoms with Gasteiger partial charge in [0.1, 0.15) is 0 Å². The van der Waals surface area contributed by atoms with E-state index in [4.69, 9.17) is 9.47 Å². The lowest BCUT2D eigenvalue weighted by atomic mass is 9.91. The largest absolute Gasteiger partial charge is 0.493 e. The molecule has 0 aromatic heterocycles. The van der Waals surface area contributed by atoms with Crippen molar-refractivity contribution in [1.29, 1.82) is 0 Å². The molecule has 0 fully saturated rings. The zero-order chi connectivity index (χ0) is 19.9. The third-order valence-corrected chi connectivity index (χ3v) is 6.58. The minimum atomic E-state index is 0.185. The summed E-state index contributed by atoms with van der Waals surface area (Å²) in [6.07, 6.45) is 3.50. The number of rotatable bonds is 8. The first-order valence-corrected chi connectivity index (χ1v) is 10.9. The average Bonchev–Trinajstić information content (AvgIpc) is 2.75. The van der Waals surface area contributed by atoms with Crippen molar-refractivity contribution in [3.05, 3.63) is 59.2 Å². The van der Waals surface area contributed by atoms with E-state index >= 15 is 0 Å². The Kier molecular flexibility index (Phi) is 7.26. The highest BCUT2D eigenvalue weighted by atomic mass is 32.2. The van der Waals surface area contributed by atoms with E-state index in [-0.39, 0.29) is 5.91 Å². The van der Waals surface area contributed by atoms with Crippen LogP contribution in [0.1, 0.15) is 41.7 Å². The fraction of sp³-hybridized carbons (Fsp3) is 0.435. The number of hydrogen-bond donors (Lipinski definition) is 0. The van der Waals surface area contributed by atoms with Crippen molar-refractivity contribution in [3.63, 3.8) is 0 Å². The molecule has 2 aromatic rings. The van der Waals surface area contributed by atoms with Gasteiger partial charge < -0.3 is 14.4 Å². The summed E-state index contributed by atoms with van der Waals surface area (Å²) in [7, 11) is 3.25. The predicted molar refractivity (Wildman–Crippen MR) is 115 cm³/mol. The van der Waals surface area contributed by atoms with Gasteiger partial charge in [-0.3, -0.25) is 4.79 Å². The van der Waals surface area contributed by atoms with Crippen LogP contribution in [0.5, 0.6) is 11.5 Å². The zero-order valence-corrected chi connectivity index (χ0v) is 17.8. The predicted octanol–water partition coefficient (Wildman–Crippen LogP) is 4.86. The summed E-state index contributed by atoms with van der Waals surface area (Å²) < 4.78 is 10.7. The zero-order valence-electron chi connectivity index (χ0n) is 16.9. The molecule has 0 bridgehead atoms. The second kappa shape index (κ2) is 9.87. The molecule has 1 aliphatic carbocycles. The van der Waals surface area contributed by atoms with Crippen LogP contribution in [0.4, 0.5) is 0 Å². The molecule has 1 atom stereocenters. The molecule has 1 amide bonds. The third-order valence-electron chi connectivity index (χ3n) is 5.28. The number of aryl methyl sites for hydroxylation is 1. The van der Waals surface area contributed by atoms with Gasteiger partial charge in [-0.15, -0.1) is 11.8 Å². The van der Waals surface area contributed by atoms with E-state index < -0.39 is 0 Å². The molecule has 1 aliphatic rings. The van der Waals surface area contributed by atoms with E-state index in [2.05, 4.69) is 24.3 Å². The van der Waals surface area contributed by atoms with Crippen molar-refractivity contribution in [2.24, 2.45) is 0 Å². The van der Waals surface area contributed by atoms with E-state index in [1.54, 1.807) is 26.0 Å². The van der Waals surface area contributed by atoms with E-state index in [0.717, 1.165) is 18.4 Å². The van der Waals surface area contributed by atoms with Gasteiger partial charge in [0, 0.05) is 18.3 Å². The van der Waals surface area contributed by atoms with Crippen LogP contribution in [0.2, 0.25) is 0 Å². The maximum Gasteiger partial charge on any atom is 0.232 e. The molecule has 1 unspecified atom stereocenters. The van der Waals surface area contributed by atoms with Gasteiger partial charge in [0.2, 0.25) is 5.91 Å². The summed E-state index contributed by atoms with van der Waals surface area (Å²) in [5.74, 6) is 2.09. The Bertz CT molecular complexity index is 808. The molecule has 0 spiro atoms. The SMILES string of the molecule is CCN(Cc1ccc(OC)c(OC)c1)C(=O)CSC1CCCc2ccccc21. The first kappa shape index (κ1) is 20.6. The Morgan fingerprint density at radius 1 is 1.14 bits per heavy atom. The second-order valence-electron chi connectivity index (χ2n) is 6.99. The number of benzene rings is 2. The van der Waals surface area contributed by atoms with Gasteiger partial charge in [0.15, 0.2) is 11.5 Å². The van der Waals surface area contributed by atoms with Crippen LogP contribution in [0, 0.1) is 0 Å². The van der Waals surface area contributed by atoms with Crippen LogP contribution in [0.3, 0.4) is 0 Å². The minimum Gasteiger partial charge on any atom is -0.493 e. The lowest BCUT2D eigenvalue weighted by Gasteiger charge is -2.26. The first-order chi connectivity index (χ1) is 13.7. The van der Waals surface area contributed by atoms with Gasteiger partial charge in [-0.2, -0.15) is 0 Å². The van der Waals surface area contributed by atoms with Gasteiger partial charge in [-0.05, 0) is 55.0 Å². The van der Waals surface area contributed by atoms with Crippen molar-refractivity contribution >= 4 is 17.7 Å². The summed E-state index contributed by atoms with van der Waals surface area (Å²) in [4.78, 5) is 14.8. The Labute approximate surface area is 172 Å². The van der Waals surface area contributed by atoms with Crippen molar-refractivity contribution in [1.82, 2.24) is 4.90 Å². The number of carbonyl (C=O) groups is 1. The van der Waals surface area contributed by atoms with Crippen LogP contribution in [-0.4, -0.2) is 37.3 Å². The lowest BCUT2D eigenvalue weighted by molar-refractivity contribution is -0.128. The molecule has 5 heteroatoms. The van der Waals surface area contributed by atoms with Gasteiger partial charge in [-0.1, -0.05) is 30.3 Å². The third kappa shape index (κ3) is 4.82. The molecule has 150 valence electrons. The highest BCUT2D eigenvalue weighted by Crippen LogP contribution is 2.39.